The summed E-state index contributed by atoms with van der Waals surface area (Å²) in [4.78, 5) is 23.1. The van der Waals surface area contributed by atoms with E-state index in [0.717, 1.165) is 31.0 Å². The number of ether oxygens (including phenoxy) is 1. The molecular formula is C21H35ClIN5O2. The van der Waals surface area contributed by atoms with E-state index in [4.69, 9.17) is 16.3 Å². The molecule has 1 atom stereocenters. The van der Waals surface area contributed by atoms with E-state index in [1.54, 1.807) is 7.05 Å². The van der Waals surface area contributed by atoms with Crippen LogP contribution in [0.25, 0.3) is 0 Å². The van der Waals surface area contributed by atoms with Gasteiger partial charge in [-0.05, 0) is 45.1 Å². The Balaban J connectivity index is 0.00000450. The van der Waals surface area contributed by atoms with Crippen LogP contribution in [-0.4, -0.2) is 93.1 Å². The zero-order valence-electron chi connectivity index (χ0n) is 18.4. The van der Waals surface area contributed by atoms with Gasteiger partial charge in [0.1, 0.15) is 0 Å². The molecule has 170 valence electrons. The molecule has 0 saturated carbocycles. The van der Waals surface area contributed by atoms with Crippen LogP contribution in [0.2, 0.25) is 5.02 Å². The van der Waals surface area contributed by atoms with Crippen LogP contribution >= 0.6 is 35.6 Å². The molecule has 1 N–H and O–H groups in total. The van der Waals surface area contributed by atoms with Gasteiger partial charge in [-0.1, -0.05) is 23.7 Å². The maximum atomic E-state index is 12.7. The predicted octanol–water partition coefficient (Wildman–Crippen LogP) is 2.53. The van der Waals surface area contributed by atoms with Gasteiger partial charge in [0.15, 0.2) is 5.96 Å². The second-order valence-electron chi connectivity index (χ2n) is 7.46. The highest BCUT2D eigenvalue weighted by molar-refractivity contribution is 14.0. The number of halogens is 2. The van der Waals surface area contributed by atoms with Gasteiger partial charge in [-0.25, -0.2) is 0 Å². The van der Waals surface area contributed by atoms with Crippen molar-refractivity contribution in [1.82, 2.24) is 20.0 Å². The van der Waals surface area contributed by atoms with Gasteiger partial charge in [0, 0.05) is 51.4 Å². The average molecular weight is 552 g/mol. The number of guanidine groups is 1. The highest BCUT2D eigenvalue weighted by Crippen LogP contribution is 2.13. The minimum absolute atomic E-state index is 0. The number of hydrogen-bond acceptors (Lipinski definition) is 4. The number of nitrogens with one attached hydrogen (secondary N) is 1. The van der Waals surface area contributed by atoms with Gasteiger partial charge in [-0.15, -0.1) is 24.0 Å². The molecule has 30 heavy (non-hydrogen) atoms. The molecule has 0 aliphatic carbocycles. The standard InChI is InChI=1S/C21H34ClN5O2.HI/c1-5-29-19(10-11-25(3)4)14-24-21(23-2)27-13-12-26(20(28)16-27)15-17-6-8-18(22)9-7-17;/h6-9,19H,5,10-16H2,1-4H3,(H,23,24);1H. The first-order valence-corrected chi connectivity index (χ1v) is 10.5. The van der Waals surface area contributed by atoms with Crippen molar-refractivity contribution in [2.75, 3.05) is 60.5 Å². The summed E-state index contributed by atoms with van der Waals surface area (Å²) in [5, 5.41) is 4.09. The number of piperazine rings is 1. The third-order valence-electron chi connectivity index (χ3n) is 4.91. The lowest BCUT2D eigenvalue weighted by molar-refractivity contribution is -0.135. The number of amides is 1. The number of hydrogen-bond donors (Lipinski definition) is 1. The number of nitrogens with zero attached hydrogens (tertiary/aromatic N) is 4. The fourth-order valence-corrected chi connectivity index (χ4v) is 3.41. The molecule has 1 saturated heterocycles. The molecule has 1 aromatic rings. The summed E-state index contributed by atoms with van der Waals surface area (Å²) in [6, 6.07) is 7.64. The van der Waals surface area contributed by atoms with Gasteiger partial charge in [0.25, 0.3) is 0 Å². The third-order valence-corrected chi connectivity index (χ3v) is 5.16. The van der Waals surface area contributed by atoms with E-state index in [1.165, 1.54) is 0 Å². The molecular weight excluding hydrogens is 517 g/mol. The Labute approximate surface area is 202 Å². The highest BCUT2D eigenvalue weighted by atomic mass is 127. The van der Waals surface area contributed by atoms with Gasteiger partial charge < -0.3 is 24.8 Å². The quantitative estimate of drug-likeness (QED) is 0.290. The third kappa shape index (κ3) is 8.95. The number of carbonyl (C=O) groups excluding carboxylic acids is 1. The zero-order chi connectivity index (χ0) is 21.2. The molecule has 1 heterocycles. The van der Waals surface area contributed by atoms with Crippen molar-refractivity contribution >= 4 is 47.4 Å². The molecule has 1 amide bonds. The number of benzene rings is 1. The molecule has 1 fully saturated rings. The summed E-state index contributed by atoms with van der Waals surface area (Å²) in [5.41, 5.74) is 1.08. The van der Waals surface area contributed by atoms with E-state index in [9.17, 15) is 4.79 Å². The first-order valence-electron chi connectivity index (χ1n) is 10.2. The van der Waals surface area contributed by atoms with Crippen LogP contribution in [0.3, 0.4) is 0 Å². The SMILES string of the molecule is CCOC(CCN(C)C)CNC(=NC)N1CCN(Cc2ccc(Cl)cc2)C(=O)C1.I. The summed E-state index contributed by atoms with van der Waals surface area (Å²) in [7, 11) is 5.87. The number of carbonyl (C=O) groups is 1. The van der Waals surface area contributed by atoms with Crippen molar-refractivity contribution < 1.29 is 9.53 Å². The molecule has 1 aliphatic heterocycles. The molecule has 9 heteroatoms. The normalized spacial score (nSPS) is 15.9. The molecule has 7 nitrogen and oxygen atoms in total. The van der Waals surface area contributed by atoms with Crippen molar-refractivity contribution in [3.63, 3.8) is 0 Å². The first-order chi connectivity index (χ1) is 13.9. The Morgan fingerprint density at radius 3 is 2.57 bits per heavy atom. The molecule has 0 aromatic heterocycles. The summed E-state index contributed by atoms with van der Waals surface area (Å²) in [6.45, 7) is 6.67. The fourth-order valence-electron chi connectivity index (χ4n) is 3.29. The van der Waals surface area contributed by atoms with Crippen LogP contribution in [0.1, 0.15) is 18.9 Å². The van der Waals surface area contributed by atoms with E-state index in [2.05, 4.69) is 29.3 Å². The highest BCUT2D eigenvalue weighted by Gasteiger charge is 2.26. The van der Waals surface area contributed by atoms with Crippen LogP contribution in [0.4, 0.5) is 0 Å². The molecule has 0 spiro atoms. The van der Waals surface area contributed by atoms with Crippen LogP contribution in [0.5, 0.6) is 0 Å². The minimum atomic E-state index is 0. The molecule has 1 aliphatic rings. The first kappa shape index (κ1) is 26.9. The monoisotopic (exact) mass is 551 g/mol. The lowest BCUT2D eigenvalue weighted by Crippen LogP contribution is -2.55. The molecule has 1 unspecified atom stereocenters. The molecule has 0 radical (unpaired) electrons. The topological polar surface area (TPSA) is 60.4 Å². The molecule has 1 aromatic carbocycles. The molecule has 2 rings (SSSR count). The van der Waals surface area contributed by atoms with Crippen LogP contribution in [-0.2, 0) is 16.1 Å². The zero-order valence-corrected chi connectivity index (χ0v) is 21.5. The second-order valence-corrected chi connectivity index (χ2v) is 7.90. The van der Waals surface area contributed by atoms with Crippen molar-refractivity contribution in [3.8, 4) is 0 Å². The van der Waals surface area contributed by atoms with Gasteiger partial charge in [-0.3, -0.25) is 9.79 Å². The van der Waals surface area contributed by atoms with Gasteiger partial charge in [-0.2, -0.15) is 0 Å². The minimum Gasteiger partial charge on any atom is -0.377 e. The largest absolute Gasteiger partial charge is 0.377 e. The lowest BCUT2D eigenvalue weighted by atomic mass is 10.2. The fraction of sp³-hybridized carbons (Fsp3) is 0.619. The Bertz CT molecular complexity index is 672. The number of rotatable bonds is 9. The van der Waals surface area contributed by atoms with Crippen LogP contribution in [0.15, 0.2) is 29.3 Å². The van der Waals surface area contributed by atoms with Gasteiger partial charge >= 0.3 is 0 Å². The van der Waals surface area contributed by atoms with Gasteiger partial charge in [0.05, 0.1) is 12.6 Å². The average Bonchev–Trinajstić information content (AvgIpc) is 2.70. The summed E-state index contributed by atoms with van der Waals surface area (Å²) in [6.07, 6.45) is 1.06. The maximum Gasteiger partial charge on any atom is 0.242 e. The van der Waals surface area contributed by atoms with E-state index >= 15 is 0 Å². The Morgan fingerprint density at radius 2 is 2.00 bits per heavy atom. The summed E-state index contributed by atoms with van der Waals surface area (Å²) >= 11 is 5.94. The maximum absolute atomic E-state index is 12.7. The van der Waals surface area contributed by atoms with Crippen LogP contribution < -0.4 is 5.32 Å². The molecule has 0 bridgehead atoms. The van der Waals surface area contributed by atoms with Crippen molar-refractivity contribution in [3.05, 3.63) is 34.9 Å². The van der Waals surface area contributed by atoms with Crippen molar-refractivity contribution in [2.45, 2.75) is 26.0 Å². The predicted molar refractivity (Wildman–Crippen MR) is 134 cm³/mol. The Kier molecular flexibility index (Phi) is 12.6. The second kappa shape index (κ2) is 14.1. The summed E-state index contributed by atoms with van der Waals surface area (Å²) in [5.74, 6) is 0.849. The van der Waals surface area contributed by atoms with Crippen molar-refractivity contribution in [1.29, 1.82) is 0 Å². The Hall–Kier alpha value is -1.10. The van der Waals surface area contributed by atoms with E-state index < -0.39 is 0 Å². The smallest absolute Gasteiger partial charge is 0.242 e. The lowest BCUT2D eigenvalue weighted by Gasteiger charge is -2.36. The Morgan fingerprint density at radius 1 is 1.30 bits per heavy atom. The van der Waals surface area contributed by atoms with E-state index in [0.29, 0.717) is 37.8 Å². The van der Waals surface area contributed by atoms with Crippen molar-refractivity contribution in [2.24, 2.45) is 4.99 Å². The van der Waals surface area contributed by atoms with Gasteiger partial charge in [0.2, 0.25) is 5.91 Å². The van der Waals surface area contributed by atoms with Crippen LogP contribution in [0, 0.1) is 0 Å². The van der Waals surface area contributed by atoms with E-state index in [1.807, 2.05) is 41.0 Å². The van der Waals surface area contributed by atoms with E-state index in [-0.39, 0.29) is 36.0 Å². The number of aliphatic imine (C=N–C) groups is 1. The summed E-state index contributed by atoms with van der Waals surface area (Å²) < 4.78 is 5.84.